The van der Waals surface area contributed by atoms with Crippen LogP contribution >= 0.6 is 0 Å². The Morgan fingerprint density at radius 1 is 1.08 bits per heavy atom. The van der Waals surface area contributed by atoms with Gasteiger partial charge in [-0.2, -0.15) is 13.2 Å². The Morgan fingerprint density at radius 2 is 1.76 bits per heavy atom. The summed E-state index contributed by atoms with van der Waals surface area (Å²) in [6.07, 6.45) is -4.66. The van der Waals surface area contributed by atoms with E-state index in [-0.39, 0.29) is 11.3 Å². The van der Waals surface area contributed by atoms with E-state index in [0.29, 0.717) is 12.6 Å². The fourth-order valence-electron chi connectivity index (χ4n) is 2.07. The van der Waals surface area contributed by atoms with Crippen LogP contribution in [-0.2, 0) is 16.2 Å². The highest BCUT2D eigenvalue weighted by Gasteiger charge is 2.31. The normalized spacial score (nSPS) is 11.8. The molecule has 0 aromatic heterocycles. The van der Waals surface area contributed by atoms with Crippen LogP contribution in [0.15, 0.2) is 53.4 Å². The number of sulfonamides is 1. The van der Waals surface area contributed by atoms with Crippen LogP contribution in [-0.4, -0.2) is 20.9 Å². The van der Waals surface area contributed by atoms with Crippen molar-refractivity contribution in [1.82, 2.24) is 5.32 Å². The first-order chi connectivity index (χ1) is 11.6. The number of amides is 1. The minimum Gasteiger partial charge on any atom is -0.352 e. The number of anilines is 1. The zero-order chi connectivity index (χ0) is 18.7. The van der Waals surface area contributed by atoms with Crippen molar-refractivity contribution in [2.75, 3.05) is 11.3 Å². The van der Waals surface area contributed by atoms with E-state index in [1.54, 1.807) is 13.0 Å². The van der Waals surface area contributed by atoms with E-state index in [1.807, 2.05) is 0 Å². The molecule has 2 N–H and O–H groups in total. The Kier molecular flexibility index (Phi) is 5.36. The predicted octanol–water partition coefficient (Wildman–Crippen LogP) is 3.26. The van der Waals surface area contributed by atoms with Gasteiger partial charge in [-0.05, 0) is 37.3 Å². The molecular weight excluding hydrogens is 357 g/mol. The Morgan fingerprint density at radius 3 is 2.40 bits per heavy atom. The van der Waals surface area contributed by atoms with Gasteiger partial charge >= 0.3 is 6.18 Å². The summed E-state index contributed by atoms with van der Waals surface area (Å²) in [5.74, 6) is -0.496. The van der Waals surface area contributed by atoms with Crippen LogP contribution in [0.1, 0.15) is 22.8 Å². The number of nitrogens with one attached hydrogen (secondary N) is 2. The van der Waals surface area contributed by atoms with Crippen molar-refractivity contribution < 1.29 is 26.4 Å². The second-order valence-electron chi connectivity index (χ2n) is 5.04. The van der Waals surface area contributed by atoms with Crippen LogP contribution in [0.5, 0.6) is 0 Å². The summed E-state index contributed by atoms with van der Waals surface area (Å²) in [7, 11) is -4.30. The molecule has 0 aliphatic carbocycles. The van der Waals surface area contributed by atoms with Crippen molar-refractivity contribution in [3.05, 3.63) is 59.7 Å². The topological polar surface area (TPSA) is 75.3 Å². The lowest BCUT2D eigenvalue weighted by Crippen LogP contribution is -2.25. The molecule has 0 radical (unpaired) electrons. The molecule has 0 aliphatic rings. The van der Waals surface area contributed by atoms with Gasteiger partial charge in [0.2, 0.25) is 0 Å². The van der Waals surface area contributed by atoms with Crippen LogP contribution in [0.2, 0.25) is 0 Å². The summed E-state index contributed by atoms with van der Waals surface area (Å²) in [5, 5.41) is 2.53. The first kappa shape index (κ1) is 18.8. The highest BCUT2D eigenvalue weighted by Crippen LogP contribution is 2.31. The molecule has 2 aromatic rings. The van der Waals surface area contributed by atoms with Gasteiger partial charge in [-0.3, -0.25) is 9.52 Å². The maximum atomic E-state index is 12.8. The van der Waals surface area contributed by atoms with Crippen molar-refractivity contribution in [3.63, 3.8) is 0 Å². The SMILES string of the molecule is CCNC(=O)c1ccccc1NS(=O)(=O)c1cccc(C(F)(F)F)c1. The highest BCUT2D eigenvalue weighted by atomic mass is 32.2. The van der Waals surface area contributed by atoms with Crippen LogP contribution in [0, 0.1) is 0 Å². The maximum absolute atomic E-state index is 12.8. The van der Waals surface area contributed by atoms with Crippen LogP contribution in [0.25, 0.3) is 0 Å². The molecule has 134 valence electrons. The molecule has 9 heteroatoms. The van der Waals surface area contributed by atoms with Crippen LogP contribution in [0.4, 0.5) is 18.9 Å². The molecule has 0 atom stereocenters. The quantitative estimate of drug-likeness (QED) is 0.846. The van der Waals surface area contributed by atoms with E-state index in [4.69, 9.17) is 0 Å². The lowest BCUT2D eigenvalue weighted by molar-refractivity contribution is -0.137. The molecule has 2 rings (SSSR count). The Hall–Kier alpha value is -2.55. The van der Waals surface area contributed by atoms with Crippen LogP contribution < -0.4 is 10.0 Å². The van der Waals surface area contributed by atoms with Gasteiger partial charge in [-0.1, -0.05) is 18.2 Å². The van der Waals surface area contributed by atoms with Crippen molar-refractivity contribution in [2.24, 2.45) is 0 Å². The largest absolute Gasteiger partial charge is 0.416 e. The zero-order valence-electron chi connectivity index (χ0n) is 13.1. The molecule has 0 unspecified atom stereocenters. The average Bonchev–Trinajstić information content (AvgIpc) is 2.54. The number of rotatable bonds is 5. The molecule has 0 saturated carbocycles. The molecule has 1 amide bonds. The molecule has 0 heterocycles. The number of hydrogen-bond donors (Lipinski definition) is 2. The molecule has 25 heavy (non-hydrogen) atoms. The van der Waals surface area contributed by atoms with E-state index in [9.17, 15) is 26.4 Å². The number of hydrogen-bond acceptors (Lipinski definition) is 3. The highest BCUT2D eigenvalue weighted by molar-refractivity contribution is 7.92. The second-order valence-corrected chi connectivity index (χ2v) is 6.72. The standard InChI is InChI=1S/C16H15F3N2O3S/c1-2-20-15(22)13-8-3-4-9-14(13)21-25(23,24)12-7-5-6-11(10-12)16(17,18)19/h3-10,21H,2H2,1H3,(H,20,22). The third kappa shape index (κ3) is 4.50. The molecule has 0 aliphatic heterocycles. The Balaban J connectivity index is 2.39. The molecule has 0 saturated heterocycles. The molecule has 0 spiro atoms. The fourth-order valence-corrected chi connectivity index (χ4v) is 3.19. The summed E-state index contributed by atoms with van der Waals surface area (Å²) in [5.41, 5.74) is -1.03. The van der Waals surface area contributed by atoms with Gasteiger partial charge in [0.05, 0.1) is 21.7 Å². The molecule has 0 bridgehead atoms. The lowest BCUT2D eigenvalue weighted by Gasteiger charge is -2.13. The van der Waals surface area contributed by atoms with E-state index < -0.39 is 32.6 Å². The van der Waals surface area contributed by atoms with Crippen molar-refractivity contribution >= 4 is 21.6 Å². The predicted molar refractivity (Wildman–Crippen MR) is 86.7 cm³/mol. The van der Waals surface area contributed by atoms with Crippen molar-refractivity contribution in [3.8, 4) is 0 Å². The first-order valence-corrected chi connectivity index (χ1v) is 8.71. The zero-order valence-corrected chi connectivity index (χ0v) is 13.9. The first-order valence-electron chi connectivity index (χ1n) is 7.22. The number of carbonyl (C=O) groups excluding carboxylic acids is 1. The average molecular weight is 372 g/mol. The Bertz CT molecular complexity index is 880. The fraction of sp³-hybridized carbons (Fsp3) is 0.188. The van der Waals surface area contributed by atoms with Crippen molar-refractivity contribution in [2.45, 2.75) is 18.0 Å². The van der Waals surface area contributed by atoms with Crippen LogP contribution in [0.3, 0.4) is 0 Å². The van der Waals surface area contributed by atoms with Crippen molar-refractivity contribution in [1.29, 1.82) is 0 Å². The van der Waals surface area contributed by atoms with E-state index in [1.165, 1.54) is 18.2 Å². The second kappa shape index (κ2) is 7.14. The monoisotopic (exact) mass is 372 g/mol. The van der Waals surface area contributed by atoms with Gasteiger partial charge in [0.25, 0.3) is 15.9 Å². The van der Waals surface area contributed by atoms with Gasteiger partial charge in [-0.25, -0.2) is 8.42 Å². The molecule has 0 fully saturated rings. The number of halogens is 3. The number of alkyl halides is 3. The number of carbonyl (C=O) groups is 1. The summed E-state index contributed by atoms with van der Waals surface area (Å²) < 4.78 is 65.3. The molecule has 5 nitrogen and oxygen atoms in total. The summed E-state index contributed by atoms with van der Waals surface area (Å²) in [6.45, 7) is 2.04. The van der Waals surface area contributed by atoms with Gasteiger partial charge in [0.1, 0.15) is 0 Å². The molecule has 2 aromatic carbocycles. The van der Waals surface area contributed by atoms with E-state index >= 15 is 0 Å². The summed E-state index contributed by atoms with van der Waals surface area (Å²) >= 11 is 0. The number of benzene rings is 2. The third-order valence-electron chi connectivity index (χ3n) is 3.23. The Labute approximate surface area is 142 Å². The number of para-hydroxylation sites is 1. The minimum absolute atomic E-state index is 0.0224. The third-order valence-corrected chi connectivity index (χ3v) is 4.59. The maximum Gasteiger partial charge on any atom is 0.416 e. The summed E-state index contributed by atoms with van der Waals surface area (Å²) in [6, 6.07) is 9.20. The van der Waals surface area contributed by atoms with Gasteiger partial charge in [0, 0.05) is 6.54 Å². The van der Waals surface area contributed by atoms with Gasteiger partial charge < -0.3 is 5.32 Å². The lowest BCUT2D eigenvalue weighted by atomic mass is 10.2. The van der Waals surface area contributed by atoms with Gasteiger partial charge in [-0.15, -0.1) is 0 Å². The van der Waals surface area contributed by atoms with Gasteiger partial charge in [0.15, 0.2) is 0 Å². The van der Waals surface area contributed by atoms with E-state index in [0.717, 1.165) is 18.2 Å². The summed E-state index contributed by atoms with van der Waals surface area (Å²) in [4.78, 5) is 11.4. The smallest absolute Gasteiger partial charge is 0.352 e. The molecular formula is C16H15F3N2O3S. The minimum atomic E-state index is -4.66. The van der Waals surface area contributed by atoms with E-state index in [2.05, 4.69) is 10.0 Å².